The quantitative estimate of drug-likeness (QED) is 0.0829. The van der Waals surface area contributed by atoms with E-state index in [1.807, 2.05) is 0 Å². The Hall–Kier alpha value is -16.2. The molecule has 0 bridgehead atoms. The van der Waals surface area contributed by atoms with Crippen molar-refractivity contribution in [3.05, 3.63) is 408 Å². The van der Waals surface area contributed by atoms with Gasteiger partial charge in [-0.3, -0.25) is 9.80 Å². The molecule has 8 heterocycles. The van der Waals surface area contributed by atoms with Crippen molar-refractivity contribution in [2.45, 2.75) is 0 Å². The van der Waals surface area contributed by atoms with Crippen molar-refractivity contribution >= 4 is 230 Å². The zero-order chi connectivity index (χ0) is 94.3. The predicted octanol–water partition coefficient (Wildman–Crippen LogP) is 25.9. The fourth-order valence-corrected chi connectivity index (χ4v) is 23.2. The molecular formula is C106H50B3F18N7O2S2. The minimum Gasteiger partial charge on any atom is -0.458 e. The van der Waals surface area contributed by atoms with E-state index in [4.69, 9.17) is 9.47 Å². The average Bonchev–Trinajstić information content (AvgIpc) is 1.21. The molecule has 32 heteroatoms. The molecule has 0 unspecified atom stereocenters. The van der Waals surface area contributed by atoms with Crippen molar-refractivity contribution in [3.8, 4) is 23.0 Å². The first-order valence-corrected chi connectivity index (χ1v) is 44.5. The Kier molecular flexibility index (Phi) is 18.9. The van der Waals surface area contributed by atoms with Gasteiger partial charge in [-0.15, -0.1) is 22.7 Å². The normalized spacial score (nSPS) is 13.2. The van der Waals surface area contributed by atoms with Crippen LogP contribution in [0.15, 0.2) is 303 Å². The summed E-state index contributed by atoms with van der Waals surface area (Å²) in [5, 5.41) is 0.127. The van der Waals surface area contributed by atoms with Crippen LogP contribution in [0.1, 0.15) is 0 Å². The van der Waals surface area contributed by atoms with Gasteiger partial charge >= 0.3 is 0 Å². The Labute approximate surface area is 779 Å². The van der Waals surface area contributed by atoms with E-state index in [1.54, 1.807) is 89.8 Å². The number of fused-ring (bicyclic) bond motifs is 16. The van der Waals surface area contributed by atoms with E-state index < -0.39 is 193 Å². The van der Waals surface area contributed by atoms with E-state index >= 15 is 79.0 Å². The number of hydrogen-bond acceptors (Lipinski definition) is 11. The molecule has 0 aliphatic carbocycles. The number of ether oxygens (including phenoxy) is 2. The molecule has 6 aliphatic heterocycles. The molecule has 0 saturated carbocycles. The van der Waals surface area contributed by atoms with E-state index in [2.05, 4.69) is 0 Å². The van der Waals surface area contributed by atoms with Gasteiger partial charge in [-0.2, -0.15) is 0 Å². The van der Waals surface area contributed by atoms with Crippen molar-refractivity contribution in [3.63, 3.8) is 0 Å². The molecule has 0 saturated heterocycles. The molecule has 0 fully saturated rings. The zero-order valence-corrected chi connectivity index (χ0v) is 71.8. The van der Waals surface area contributed by atoms with Gasteiger partial charge in [0.25, 0.3) is 20.1 Å². The van der Waals surface area contributed by atoms with Gasteiger partial charge in [0.2, 0.25) is 0 Å². The summed E-state index contributed by atoms with van der Waals surface area (Å²) in [5.41, 5.74) is -9.50. The number of para-hydroxylation sites is 10. The van der Waals surface area contributed by atoms with E-state index in [-0.39, 0.29) is 121 Å². The van der Waals surface area contributed by atoms with Gasteiger partial charge in [-0.05, 0) is 226 Å². The van der Waals surface area contributed by atoms with Gasteiger partial charge in [0.1, 0.15) is 173 Å². The maximum Gasteiger partial charge on any atom is 0.268 e. The molecule has 0 amide bonds. The molecule has 19 aromatic rings. The lowest BCUT2D eigenvalue weighted by atomic mass is 9.30. The Bertz CT molecular complexity index is 8260. The van der Waals surface area contributed by atoms with Crippen LogP contribution in [0.2, 0.25) is 0 Å². The first-order chi connectivity index (χ1) is 66.9. The van der Waals surface area contributed by atoms with Gasteiger partial charge in [0.05, 0.1) is 22.7 Å². The molecule has 0 radical (unpaired) electrons. The maximum absolute atomic E-state index is 18.6. The van der Waals surface area contributed by atoms with Crippen LogP contribution in [0.3, 0.4) is 0 Å². The van der Waals surface area contributed by atoms with Gasteiger partial charge in [0, 0.05) is 99.1 Å². The topological polar surface area (TPSA) is 41.1 Å². The molecular weight excluding hydrogens is 1840 g/mol. The summed E-state index contributed by atoms with van der Waals surface area (Å²) in [7, 11) is 0. The minimum atomic E-state index is -1.54. The van der Waals surface area contributed by atoms with Crippen molar-refractivity contribution in [2.24, 2.45) is 0 Å². The highest BCUT2D eigenvalue weighted by molar-refractivity contribution is 7.34. The monoisotopic (exact) mass is 1890 g/mol. The summed E-state index contributed by atoms with van der Waals surface area (Å²) in [6, 6.07) is 61.2. The lowest BCUT2D eigenvalue weighted by Crippen LogP contribution is -2.65. The standard InChI is InChI=1S/C106H50B3F18N7O2S2/c110-51-35-37-90-58(39-51)95-105(137-90)108-61-47-60-80(49-81(61)131(100-72(120)27-11-28-73(100)121)83-41-55(42-84(92(83)108)134(95)103-78(126)33-14-34-79(103)127)129(96-64(112)19-7-20-65(96)113)97-66(114)21-8-22-67(97)115)132(101-74(122)29-12-30-75(101)123)85-43-56(128(53-15-3-1-4-16-53)54-17-5-2-6-18-54)45-88-93(85)107(60)63-48-62-82(50-87(63)135-88)133(102-76(124)31-13-32-77(102)125)86-44-57(130(98-68(116)23-9-24-69(98)117)99-70(118)25-10-26-71(99)119)46-89-94(86)109(62)106-104(136-89)59-40-52(111)36-38-91(59)138-106/h1-50H. The first-order valence-electron chi connectivity index (χ1n) is 42.9. The third-order valence-electron chi connectivity index (χ3n) is 26.0. The van der Waals surface area contributed by atoms with Crippen LogP contribution in [0.5, 0.6) is 23.0 Å². The van der Waals surface area contributed by atoms with E-state index in [1.165, 1.54) is 53.4 Å². The van der Waals surface area contributed by atoms with Crippen LogP contribution in [0, 0.1) is 105 Å². The molecule has 25 rings (SSSR count). The molecule has 0 spiro atoms. The minimum absolute atomic E-state index is 0.0142. The second kappa shape index (κ2) is 31.2. The Morgan fingerprint density at radius 1 is 0.217 bits per heavy atom. The number of hydrogen-bond donors (Lipinski definition) is 0. The van der Waals surface area contributed by atoms with Crippen molar-refractivity contribution in [1.82, 2.24) is 0 Å². The molecule has 668 valence electrons. The number of rotatable bonds is 13. The first kappa shape index (κ1) is 83.6. The summed E-state index contributed by atoms with van der Waals surface area (Å²) in [6.45, 7) is -4.31. The molecule has 2 aromatic heterocycles. The smallest absolute Gasteiger partial charge is 0.268 e. The van der Waals surface area contributed by atoms with Gasteiger partial charge in [-0.1, -0.05) is 97.1 Å². The van der Waals surface area contributed by atoms with Gasteiger partial charge < -0.3 is 34.0 Å². The molecule has 17 aromatic carbocycles. The van der Waals surface area contributed by atoms with Gasteiger partial charge in [0.15, 0.2) is 0 Å². The number of anilines is 21. The molecule has 0 atom stereocenters. The third kappa shape index (κ3) is 12.4. The van der Waals surface area contributed by atoms with Crippen LogP contribution in [-0.2, 0) is 0 Å². The van der Waals surface area contributed by atoms with E-state index in [0.717, 1.165) is 207 Å². The summed E-state index contributed by atoms with van der Waals surface area (Å²) < 4.78 is 332. The lowest BCUT2D eigenvalue weighted by molar-refractivity contribution is 0.487. The van der Waals surface area contributed by atoms with Crippen LogP contribution in [-0.4, -0.2) is 20.1 Å². The van der Waals surface area contributed by atoms with Crippen molar-refractivity contribution in [2.75, 3.05) is 34.3 Å². The Morgan fingerprint density at radius 2 is 0.536 bits per heavy atom. The third-order valence-corrected chi connectivity index (χ3v) is 28.5. The highest BCUT2D eigenvalue weighted by Gasteiger charge is 2.54. The molecule has 6 aliphatic rings. The van der Waals surface area contributed by atoms with Crippen molar-refractivity contribution < 1.29 is 88.5 Å². The summed E-state index contributed by atoms with van der Waals surface area (Å²) in [6.07, 6.45) is 0. The maximum atomic E-state index is 18.6. The highest BCUT2D eigenvalue weighted by Crippen LogP contribution is 2.58. The van der Waals surface area contributed by atoms with Gasteiger partial charge in [-0.25, -0.2) is 79.0 Å². The number of thiophene rings is 2. The summed E-state index contributed by atoms with van der Waals surface area (Å²) in [5.74, 6) is -23.4. The predicted molar refractivity (Wildman–Crippen MR) is 506 cm³/mol. The van der Waals surface area contributed by atoms with E-state index in [9.17, 15) is 0 Å². The molecule has 138 heavy (non-hydrogen) atoms. The zero-order valence-electron chi connectivity index (χ0n) is 70.2. The molecule has 9 nitrogen and oxygen atoms in total. The Morgan fingerprint density at radius 3 is 0.964 bits per heavy atom. The second-order valence-electron chi connectivity index (χ2n) is 33.5. The van der Waals surface area contributed by atoms with Crippen LogP contribution in [0.4, 0.5) is 198 Å². The fourth-order valence-electron chi connectivity index (χ4n) is 20.6. The average molecular weight is 1890 g/mol. The summed E-state index contributed by atoms with van der Waals surface area (Å²) in [4.78, 5) is 7.34. The molecule has 0 N–H and O–H groups in total. The summed E-state index contributed by atoms with van der Waals surface area (Å²) >= 11 is 2.08. The van der Waals surface area contributed by atoms with E-state index in [0.29, 0.717) is 30.7 Å². The SMILES string of the molecule is Fc1ccc2sc3c(c2c1)Oc1cc(N(c2c(F)cccc2F)c2c(F)cccc2F)cc2c1B3c1cc3c(cc1N2c1c(F)cccc1F)Oc1cc(N(c2ccccc2)c2ccccc2)cc2c1B3c1cc3c(cc1N2c1c(F)cccc1F)N(c1c(F)cccc1F)c1cc(N(c2c(F)cccc2F)c2c(F)cccc2F)cc2c1B3c1sc3ccc(F)cc3c1N2c1c(F)cccc1F. The van der Waals surface area contributed by atoms with Crippen LogP contribution in [0.25, 0.3) is 20.2 Å². The Balaban J connectivity index is 0.836. The van der Waals surface area contributed by atoms with Crippen LogP contribution >= 0.6 is 22.7 Å². The fraction of sp³-hybridized carbons (Fsp3) is 0. The number of halogens is 18. The second-order valence-corrected chi connectivity index (χ2v) is 35.7. The van der Waals surface area contributed by atoms with Crippen LogP contribution < -0.4 is 91.6 Å². The number of benzene rings is 17. The van der Waals surface area contributed by atoms with Crippen molar-refractivity contribution in [1.29, 1.82) is 0 Å². The largest absolute Gasteiger partial charge is 0.458 e. The number of nitrogens with zero attached hydrogens (tertiary/aromatic N) is 7. The highest BCUT2D eigenvalue weighted by atomic mass is 32.1. The lowest BCUT2D eigenvalue weighted by Gasteiger charge is -2.46.